The third kappa shape index (κ3) is 2.92. The van der Waals surface area contributed by atoms with Gasteiger partial charge in [-0.2, -0.15) is 0 Å². The number of nitrogens with zero attached hydrogens (tertiary/aromatic N) is 2. The number of hydrogen-bond acceptors (Lipinski definition) is 5. The Labute approximate surface area is 105 Å². The summed E-state index contributed by atoms with van der Waals surface area (Å²) in [5.74, 6) is 0.894. The van der Waals surface area contributed by atoms with Gasteiger partial charge in [-0.05, 0) is 19.4 Å². The van der Waals surface area contributed by atoms with Gasteiger partial charge in [0.05, 0.1) is 5.39 Å². The maximum Gasteiger partial charge on any atom is 0.138 e. The van der Waals surface area contributed by atoms with E-state index in [1.807, 2.05) is 0 Å². The van der Waals surface area contributed by atoms with Crippen LogP contribution in [0.5, 0.6) is 0 Å². The van der Waals surface area contributed by atoms with E-state index in [9.17, 15) is 0 Å². The van der Waals surface area contributed by atoms with Crippen LogP contribution in [0, 0.1) is 6.92 Å². The average Bonchev–Trinajstić information content (AvgIpc) is 2.67. The number of thiophene rings is 1. The molecular formula is C12H18N4S. The topological polar surface area (TPSA) is 63.8 Å². The van der Waals surface area contributed by atoms with E-state index < -0.39 is 0 Å². The maximum atomic E-state index is 5.98. The first kappa shape index (κ1) is 12.3. The van der Waals surface area contributed by atoms with E-state index in [1.54, 1.807) is 17.7 Å². The highest BCUT2D eigenvalue weighted by Crippen LogP contribution is 2.27. The molecular weight excluding hydrogens is 232 g/mol. The van der Waals surface area contributed by atoms with E-state index in [1.165, 1.54) is 4.88 Å². The molecule has 0 fully saturated rings. The number of fused-ring (bicyclic) bond motifs is 1. The van der Waals surface area contributed by atoms with Gasteiger partial charge in [-0.3, -0.25) is 0 Å². The molecule has 2 aromatic heterocycles. The van der Waals surface area contributed by atoms with Crippen molar-refractivity contribution in [2.45, 2.75) is 32.7 Å². The largest absolute Gasteiger partial charge is 0.368 e. The highest BCUT2D eigenvalue weighted by molar-refractivity contribution is 7.18. The van der Waals surface area contributed by atoms with Crippen LogP contribution >= 0.6 is 11.3 Å². The molecule has 0 aliphatic heterocycles. The summed E-state index contributed by atoms with van der Waals surface area (Å²) in [6, 6.07) is 2.30. The highest BCUT2D eigenvalue weighted by Gasteiger charge is 2.07. The molecule has 1 atom stereocenters. The van der Waals surface area contributed by atoms with Gasteiger partial charge in [0.1, 0.15) is 17.0 Å². The Kier molecular flexibility index (Phi) is 3.91. The van der Waals surface area contributed by atoms with Crippen LogP contribution in [0.25, 0.3) is 10.2 Å². The van der Waals surface area contributed by atoms with E-state index in [-0.39, 0.29) is 6.04 Å². The summed E-state index contributed by atoms with van der Waals surface area (Å²) in [7, 11) is 0. The smallest absolute Gasteiger partial charge is 0.138 e. The SMILES string of the molecule is CCCC(N)CNc1ncnc2sc(C)cc12. The molecule has 17 heavy (non-hydrogen) atoms. The molecule has 5 heteroatoms. The molecule has 0 aromatic carbocycles. The molecule has 1 unspecified atom stereocenters. The fourth-order valence-corrected chi connectivity index (χ4v) is 2.66. The monoisotopic (exact) mass is 250 g/mol. The molecule has 0 saturated heterocycles. The van der Waals surface area contributed by atoms with Crippen molar-refractivity contribution in [2.24, 2.45) is 5.73 Å². The third-order valence-corrected chi connectivity index (χ3v) is 3.60. The van der Waals surface area contributed by atoms with Crippen molar-refractivity contribution >= 4 is 27.4 Å². The molecule has 0 spiro atoms. The second-order valence-electron chi connectivity index (χ2n) is 4.23. The number of aryl methyl sites for hydroxylation is 1. The summed E-state index contributed by atoms with van der Waals surface area (Å²) in [6.45, 7) is 4.98. The van der Waals surface area contributed by atoms with Gasteiger partial charge in [-0.15, -0.1) is 11.3 Å². The Hall–Kier alpha value is -1.20. The van der Waals surface area contributed by atoms with Crippen molar-refractivity contribution in [3.8, 4) is 0 Å². The Bertz CT molecular complexity index is 494. The van der Waals surface area contributed by atoms with Crippen LogP contribution in [0.2, 0.25) is 0 Å². The van der Waals surface area contributed by atoms with Crippen molar-refractivity contribution < 1.29 is 0 Å². The Morgan fingerprint density at radius 1 is 1.47 bits per heavy atom. The Morgan fingerprint density at radius 3 is 3.06 bits per heavy atom. The van der Waals surface area contributed by atoms with Crippen molar-refractivity contribution in [1.29, 1.82) is 0 Å². The van der Waals surface area contributed by atoms with E-state index in [0.29, 0.717) is 0 Å². The first-order valence-corrected chi connectivity index (χ1v) is 6.73. The quantitative estimate of drug-likeness (QED) is 0.856. The van der Waals surface area contributed by atoms with Gasteiger partial charge in [-0.25, -0.2) is 9.97 Å². The normalized spacial score (nSPS) is 12.9. The summed E-state index contributed by atoms with van der Waals surface area (Å²) >= 11 is 1.69. The zero-order valence-electron chi connectivity index (χ0n) is 10.2. The van der Waals surface area contributed by atoms with Crippen molar-refractivity contribution in [2.75, 3.05) is 11.9 Å². The minimum absolute atomic E-state index is 0.185. The predicted octanol–water partition coefficient (Wildman–Crippen LogP) is 2.54. The molecule has 0 aliphatic rings. The lowest BCUT2D eigenvalue weighted by molar-refractivity contribution is 0.626. The summed E-state index contributed by atoms with van der Waals surface area (Å²) in [5.41, 5.74) is 5.98. The first-order valence-electron chi connectivity index (χ1n) is 5.91. The van der Waals surface area contributed by atoms with Crippen LogP contribution in [-0.4, -0.2) is 22.6 Å². The van der Waals surface area contributed by atoms with Gasteiger partial charge in [0.15, 0.2) is 0 Å². The molecule has 92 valence electrons. The Balaban J connectivity index is 2.12. The standard InChI is InChI=1S/C12H18N4S/c1-3-4-9(13)6-14-11-10-5-8(2)17-12(10)16-7-15-11/h5,7,9H,3-4,6,13H2,1-2H3,(H,14,15,16). The maximum absolute atomic E-state index is 5.98. The molecule has 4 nitrogen and oxygen atoms in total. The second kappa shape index (κ2) is 5.42. The zero-order chi connectivity index (χ0) is 12.3. The van der Waals surface area contributed by atoms with Gasteiger partial charge in [0.25, 0.3) is 0 Å². The van der Waals surface area contributed by atoms with Crippen molar-refractivity contribution in [3.05, 3.63) is 17.3 Å². The minimum atomic E-state index is 0.185. The molecule has 3 N–H and O–H groups in total. The predicted molar refractivity (Wildman–Crippen MR) is 73.5 cm³/mol. The van der Waals surface area contributed by atoms with Crippen LogP contribution in [0.3, 0.4) is 0 Å². The number of hydrogen-bond donors (Lipinski definition) is 2. The van der Waals surface area contributed by atoms with Crippen molar-refractivity contribution in [3.63, 3.8) is 0 Å². The lowest BCUT2D eigenvalue weighted by Gasteiger charge is -2.12. The number of aromatic nitrogens is 2. The van der Waals surface area contributed by atoms with Gasteiger partial charge in [0.2, 0.25) is 0 Å². The summed E-state index contributed by atoms with van der Waals surface area (Å²) < 4.78 is 0. The lowest BCUT2D eigenvalue weighted by Crippen LogP contribution is -2.29. The van der Waals surface area contributed by atoms with E-state index >= 15 is 0 Å². The summed E-state index contributed by atoms with van der Waals surface area (Å²) in [4.78, 5) is 10.8. The summed E-state index contributed by atoms with van der Waals surface area (Å²) in [6.07, 6.45) is 3.75. The van der Waals surface area contributed by atoms with Crippen molar-refractivity contribution in [1.82, 2.24) is 9.97 Å². The van der Waals surface area contributed by atoms with Gasteiger partial charge < -0.3 is 11.1 Å². The lowest BCUT2D eigenvalue weighted by atomic mass is 10.2. The zero-order valence-corrected chi connectivity index (χ0v) is 11.0. The van der Waals surface area contributed by atoms with Crippen LogP contribution < -0.4 is 11.1 Å². The van der Waals surface area contributed by atoms with Crippen LogP contribution in [0.15, 0.2) is 12.4 Å². The molecule has 0 aliphatic carbocycles. The molecule has 0 bridgehead atoms. The molecule has 0 saturated carbocycles. The minimum Gasteiger partial charge on any atom is -0.368 e. The summed E-state index contributed by atoms with van der Waals surface area (Å²) in [5, 5.41) is 4.41. The fourth-order valence-electron chi connectivity index (χ4n) is 1.82. The fraction of sp³-hybridized carbons (Fsp3) is 0.500. The number of rotatable bonds is 5. The Morgan fingerprint density at radius 2 is 2.29 bits per heavy atom. The van der Waals surface area contributed by atoms with Crippen LogP contribution in [-0.2, 0) is 0 Å². The van der Waals surface area contributed by atoms with Crippen LogP contribution in [0.1, 0.15) is 24.6 Å². The molecule has 0 amide bonds. The molecule has 0 radical (unpaired) electrons. The van der Waals surface area contributed by atoms with Gasteiger partial charge in [-0.1, -0.05) is 13.3 Å². The van der Waals surface area contributed by atoms with Crippen LogP contribution in [0.4, 0.5) is 5.82 Å². The van der Waals surface area contributed by atoms with Gasteiger partial charge in [0, 0.05) is 17.5 Å². The number of nitrogens with two attached hydrogens (primary N) is 1. The molecule has 2 heterocycles. The van der Waals surface area contributed by atoms with E-state index in [0.717, 1.165) is 35.4 Å². The first-order chi connectivity index (χ1) is 8.20. The second-order valence-corrected chi connectivity index (χ2v) is 5.46. The number of anilines is 1. The average molecular weight is 250 g/mol. The number of nitrogens with one attached hydrogen (secondary N) is 1. The highest BCUT2D eigenvalue weighted by atomic mass is 32.1. The molecule has 2 aromatic rings. The third-order valence-electron chi connectivity index (χ3n) is 2.64. The van der Waals surface area contributed by atoms with E-state index in [2.05, 4.69) is 35.2 Å². The molecule has 2 rings (SSSR count). The van der Waals surface area contributed by atoms with Gasteiger partial charge >= 0.3 is 0 Å². The van der Waals surface area contributed by atoms with E-state index in [4.69, 9.17) is 5.73 Å².